The number of ketones is 1. The number of hydrogen-bond acceptors (Lipinski definition) is 8. The summed E-state index contributed by atoms with van der Waals surface area (Å²) in [6.45, 7) is 6.02. The van der Waals surface area contributed by atoms with E-state index in [2.05, 4.69) is 5.32 Å². The lowest BCUT2D eigenvalue weighted by atomic mass is 9.90. The highest BCUT2D eigenvalue weighted by Gasteiger charge is 2.49. The number of ether oxygens (including phenoxy) is 3. The monoisotopic (exact) mass is 511 g/mol. The van der Waals surface area contributed by atoms with Crippen LogP contribution in [-0.4, -0.2) is 55.0 Å². The molecule has 0 spiro atoms. The molecule has 198 valence electrons. The topological polar surface area (TPSA) is 125 Å². The number of aryl methyl sites for hydroxylation is 2. The third kappa shape index (κ3) is 7.99. The maximum atomic E-state index is 12.7. The first kappa shape index (κ1) is 29.2. The highest BCUT2D eigenvalue weighted by Crippen LogP contribution is 2.20. The van der Waals surface area contributed by atoms with Crippen molar-refractivity contribution in [1.29, 1.82) is 0 Å². The van der Waals surface area contributed by atoms with E-state index in [0.717, 1.165) is 12.0 Å². The third-order valence-corrected chi connectivity index (χ3v) is 5.63. The maximum Gasteiger partial charge on any atom is 0.343 e. The van der Waals surface area contributed by atoms with Gasteiger partial charge in [-0.3, -0.25) is 9.59 Å². The van der Waals surface area contributed by atoms with Crippen molar-refractivity contribution >= 4 is 29.6 Å². The fraction of sp³-hybridized carbons (Fsp3) is 0.393. The van der Waals surface area contributed by atoms with Crippen LogP contribution in [-0.2, 0) is 41.4 Å². The normalized spacial score (nSPS) is 10.8. The number of esters is 3. The van der Waals surface area contributed by atoms with E-state index in [1.165, 1.54) is 6.92 Å². The van der Waals surface area contributed by atoms with E-state index < -0.39 is 36.0 Å². The first-order valence-electron chi connectivity index (χ1n) is 12.2. The van der Waals surface area contributed by atoms with Gasteiger partial charge in [0, 0.05) is 12.5 Å². The van der Waals surface area contributed by atoms with Gasteiger partial charge in [0.15, 0.2) is 12.4 Å². The van der Waals surface area contributed by atoms with Crippen LogP contribution < -0.4 is 5.32 Å². The Morgan fingerprint density at radius 3 is 1.73 bits per heavy atom. The Labute approximate surface area is 216 Å². The summed E-state index contributed by atoms with van der Waals surface area (Å²) in [5.41, 5.74) is 0.503. The Balaban J connectivity index is 2.07. The summed E-state index contributed by atoms with van der Waals surface area (Å²) < 4.78 is 15.3. The SMILES string of the molecule is CCOC(=O)C(CCc1ccc(C(=O)COC(=O)c2ccc(CC)cc2)cc1)(NC(C)=O)C(=O)OCC. The van der Waals surface area contributed by atoms with Crippen LogP contribution >= 0.6 is 0 Å². The standard InChI is InChI=1S/C28H33NO8/c1-5-20-8-14-23(15-9-20)25(32)37-18-24(31)22-12-10-21(11-13-22)16-17-28(29-19(4)30,26(33)35-6-2)27(34)36-7-3/h8-15H,5-7,16-18H2,1-4H3,(H,29,30). The highest BCUT2D eigenvalue weighted by atomic mass is 16.6. The number of carbonyl (C=O) groups is 5. The lowest BCUT2D eigenvalue weighted by Crippen LogP contribution is -2.61. The molecule has 0 aliphatic rings. The number of carbonyl (C=O) groups excluding carboxylic acids is 5. The van der Waals surface area contributed by atoms with E-state index in [1.807, 2.05) is 19.1 Å². The molecule has 9 nitrogen and oxygen atoms in total. The van der Waals surface area contributed by atoms with Crippen molar-refractivity contribution in [2.45, 2.75) is 52.5 Å². The van der Waals surface area contributed by atoms with Gasteiger partial charge in [-0.2, -0.15) is 0 Å². The number of hydrogen-bond donors (Lipinski definition) is 1. The van der Waals surface area contributed by atoms with Crippen molar-refractivity contribution in [1.82, 2.24) is 5.32 Å². The molecule has 0 aromatic heterocycles. The number of Topliss-reactive ketones (excluding diaryl/α,β-unsaturated/α-hetero) is 1. The zero-order chi connectivity index (χ0) is 27.4. The van der Waals surface area contributed by atoms with Crippen molar-refractivity contribution < 1.29 is 38.2 Å². The Kier molecular flexibility index (Phi) is 11.0. The van der Waals surface area contributed by atoms with Crippen molar-refractivity contribution in [3.8, 4) is 0 Å². The number of amides is 1. The molecule has 2 aromatic rings. The second-order valence-corrected chi connectivity index (χ2v) is 8.27. The zero-order valence-electron chi connectivity index (χ0n) is 21.6. The Hall–Kier alpha value is -4.01. The number of nitrogens with one attached hydrogen (secondary N) is 1. The quantitative estimate of drug-likeness (QED) is 0.188. The fourth-order valence-electron chi connectivity index (χ4n) is 3.62. The molecule has 0 aliphatic heterocycles. The lowest BCUT2D eigenvalue weighted by Gasteiger charge is -2.29. The second-order valence-electron chi connectivity index (χ2n) is 8.27. The van der Waals surface area contributed by atoms with Gasteiger partial charge in [0.1, 0.15) is 0 Å². The van der Waals surface area contributed by atoms with Crippen LogP contribution in [0.1, 0.15) is 66.0 Å². The van der Waals surface area contributed by atoms with Crippen LogP contribution in [0.2, 0.25) is 0 Å². The largest absolute Gasteiger partial charge is 0.464 e. The fourth-order valence-corrected chi connectivity index (χ4v) is 3.62. The Morgan fingerprint density at radius 2 is 1.24 bits per heavy atom. The van der Waals surface area contributed by atoms with Crippen LogP contribution in [0.5, 0.6) is 0 Å². The maximum absolute atomic E-state index is 12.7. The van der Waals surface area contributed by atoms with Crippen molar-refractivity contribution in [3.63, 3.8) is 0 Å². The van der Waals surface area contributed by atoms with Crippen molar-refractivity contribution in [2.24, 2.45) is 0 Å². The van der Waals surface area contributed by atoms with Gasteiger partial charge in [0.2, 0.25) is 11.4 Å². The summed E-state index contributed by atoms with van der Waals surface area (Å²) in [4.78, 5) is 62.0. The third-order valence-electron chi connectivity index (χ3n) is 5.63. The summed E-state index contributed by atoms with van der Waals surface area (Å²) in [6, 6.07) is 13.4. The van der Waals surface area contributed by atoms with Crippen molar-refractivity contribution in [2.75, 3.05) is 19.8 Å². The van der Waals surface area contributed by atoms with E-state index in [0.29, 0.717) is 16.7 Å². The average molecular weight is 512 g/mol. The smallest absolute Gasteiger partial charge is 0.343 e. The van der Waals surface area contributed by atoms with E-state index in [9.17, 15) is 24.0 Å². The molecule has 0 unspecified atom stereocenters. The van der Waals surface area contributed by atoms with E-state index in [1.54, 1.807) is 50.2 Å². The summed E-state index contributed by atoms with van der Waals surface area (Å²) in [6.07, 6.45) is 0.949. The van der Waals surface area contributed by atoms with Gasteiger partial charge in [-0.05, 0) is 56.4 Å². The van der Waals surface area contributed by atoms with Gasteiger partial charge >= 0.3 is 17.9 Å². The molecule has 2 aromatic carbocycles. The summed E-state index contributed by atoms with van der Waals surface area (Å²) in [5.74, 6) is -3.35. The summed E-state index contributed by atoms with van der Waals surface area (Å²) in [7, 11) is 0. The Bertz CT molecular complexity index is 1090. The molecular weight excluding hydrogens is 478 g/mol. The van der Waals surface area contributed by atoms with Crippen LogP contribution in [0.4, 0.5) is 0 Å². The number of benzene rings is 2. The molecule has 0 radical (unpaired) electrons. The molecule has 0 atom stereocenters. The molecule has 1 N–H and O–H groups in total. The molecular formula is C28H33NO8. The minimum absolute atomic E-state index is 0.0189. The number of rotatable bonds is 13. The zero-order valence-corrected chi connectivity index (χ0v) is 21.6. The molecule has 0 saturated heterocycles. The molecule has 0 heterocycles. The molecule has 0 fully saturated rings. The van der Waals surface area contributed by atoms with E-state index in [-0.39, 0.29) is 31.8 Å². The molecule has 2 rings (SSSR count). The molecule has 0 saturated carbocycles. The first-order valence-corrected chi connectivity index (χ1v) is 12.2. The molecule has 1 amide bonds. The Morgan fingerprint density at radius 1 is 0.730 bits per heavy atom. The molecule has 9 heteroatoms. The van der Waals surface area contributed by atoms with Gasteiger partial charge in [-0.1, -0.05) is 43.3 Å². The van der Waals surface area contributed by atoms with Gasteiger partial charge in [-0.25, -0.2) is 14.4 Å². The van der Waals surface area contributed by atoms with Crippen LogP contribution in [0.3, 0.4) is 0 Å². The van der Waals surface area contributed by atoms with Gasteiger partial charge in [0.25, 0.3) is 0 Å². The van der Waals surface area contributed by atoms with Crippen molar-refractivity contribution in [3.05, 3.63) is 70.8 Å². The first-order chi connectivity index (χ1) is 17.7. The van der Waals surface area contributed by atoms with Crippen LogP contribution in [0, 0.1) is 0 Å². The van der Waals surface area contributed by atoms with Crippen LogP contribution in [0.25, 0.3) is 0 Å². The molecule has 0 bridgehead atoms. The predicted molar refractivity (Wildman–Crippen MR) is 135 cm³/mol. The summed E-state index contributed by atoms with van der Waals surface area (Å²) >= 11 is 0. The molecule has 0 aliphatic carbocycles. The van der Waals surface area contributed by atoms with E-state index in [4.69, 9.17) is 14.2 Å². The lowest BCUT2D eigenvalue weighted by molar-refractivity contribution is -0.168. The highest BCUT2D eigenvalue weighted by molar-refractivity contribution is 6.07. The van der Waals surface area contributed by atoms with Gasteiger partial charge in [0.05, 0.1) is 18.8 Å². The second kappa shape index (κ2) is 13.9. The minimum Gasteiger partial charge on any atom is -0.464 e. The van der Waals surface area contributed by atoms with Gasteiger partial charge in [-0.15, -0.1) is 0 Å². The minimum atomic E-state index is -1.99. The molecule has 37 heavy (non-hydrogen) atoms. The predicted octanol–water partition coefficient (Wildman–Crippen LogP) is 3.22. The van der Waals surface area contributed by atoms with E-state index >= 15 is 0 Å². The van der Waals surface area contributed by atoms with Crippen LogP contribution in [0.15, 0.2) is 48.5 Å². The average Bonchev–Trinajstić information content (AvgIpc) is 2.89. The van der Waals surface area contributed by atoms with Gasteiger partial charge < -0.3 is 19.5 Å². The summed E-state index contributed by atoms with van der Waals surface area (Å²) in [5, 5.41) is 2.42.